The summed E-state index contributed by atoms with van der Waals surface area (Å²) >= 11 is 0. The molecule has 2 aromatic heterocycles. The minimum Gasteiger partial charge on any atom is -0.381 e. The normalized spacial score (nSPS) is 19.7. The van der Waals surface area contributed by atoms with E-state index in [2.05, 4.69) is 20.4 Å². The monoisotopic (exact) mass is 379 g/mol. The summed E-state index contributed by atoms with van der Waals surface area (Å²) in [4.78, 5) is 21.6. The number of methoxy groups -OCH3 is 1. The van der Waals surface area contributed by atoms with Crippen LogP contribution in [0.1, 0.15) is 37.1 Å². The van der Waals surface area contributed by atoms with Gasteiger partial charge in [0.05, 0.1) is 29.4 Å². The zero-order chi connectivity index (χ0) is 19.7. The number of benzene rings is 1. The molecule has 2 atom stereocenters. The van der Waals surface area contributed by atoms with E-state index in [1.165, 1.54) is 0 Å². The van der Waals surface area contributed by atoms with Crippen LogP contribution in [0, 0.1) is 19.8 Å². The number of hydrogen-bond donors (Lipinski definition) is 1. The lowest BCUT2D eigenvalue weighted by Crippen LogP contribution is -2.30. The Hall–Kier alpha value is -2.80. The molecule has 7 heteroatoms. The van der Waals surface area contributed by atoms with Crippen LogP contribution in [0.5, 0.6) is 0 Å². The molecule has 1 aliphatic rings. The largest absolute Gasteiger partial charge is 0.381 e. The first-order valence-electron chi connectivity index (χ1n) is 9.68. The van der Waals surface area contributed by atoms with E-state index in [4.69, 9.17) is 4.74 Å². The Morgan fingerprint density at radius 2 is 1.93 bits per heavy atom. The molecule has 1 fully saturated rings. The Kier molecular flexibility index (Phi) is 5.09. The van der Waals surface area contributed by atoms with E-state index in [-0.39, 0.29) is 17.9 Å². The maximum absolute atomic E-state index is 12.6. The molecule has 1 saturated carbocycles. The Balaban J connectivity index is 1.47. The van der Waals surface area contributed by atoms with Crippen LogP contribution >= 0.6 is 0 Å². The predicted molar refractivity (Wildman–Crippen MR) is 107 cm³/mol. The molecular weight excluding hydrogens is 354 g/mol. The van der Waals surface area contributed by atoms with E-state index in [0.717, 1.165) is 54.0 Å². The van der Waals surface area contributed by atoms with Crippen LogP contribution in [0.4, 0.5) is 5.69 Å². The van der Waals surface area contributed by atoms with Crippen molar-refractivity contribution >= 4 is 17.4 Å². The third-order valence-electron chi connectivity index (χ3n) is 5.50. The van der Waals surface area contributed by atoms with Gasteiger partial charge in [-0.1, -0.05) is 18.6 Å². The summed E-state index contributed by atoms with van der Waals surface area (Å²) in [5, 5.41) is 7.50. The third-order valence-corrected chi connectivity index (χ3v) is 5.50. The number of hydrogen-bond acceptors (Lipinski definition) is 5. The number of nitrogens with zero attached hydrogens (tertiary/aromatic N) is 4. The van der Waals surface area contributed by atoms with E-state index >= 15 is 0 Å². The maximum atomic E-state index is 12.6. The molecule has 0 unspecified atom stereocenters. The predicted octanol–water partition coefficient (Wildman–Crippen LogP) is 3.55. The molecule has 1 amide bonds. The molecule has 2 heterocycles. The average Bonchev–Trinajstić information content (AvgIpc) is 3.11. The first kappa shape index (κ1) is 18.6. The lowest BCUT2D eigenvalue weighted by atomic mass is 9.86. The second-order valence-corrected chi connectivity index (χ2v) is 7.44. The number of imidazole rings is 1. The van der Waals surface area contributed by atoms with E-state index in [0.29, 0.717) is 5.78 Å². The van der Waals surface area contributed by atoms with Crippen molar-refractivity contribution in [2.45, 2.75) is 45.6 Å². The SMILES string of the molecule is CO[C@@H]1CCC[C@@H](C(=O)Nc2ccc(-c3cn4nc(C)c(C)nc4n3)cc2)C1. The zero-order valence-corrected chi connectivity index (χ0v) is 16.5. The van der Waals surface area contributed by atoms with Crippen molar-refractivity contribution in [2.75, 3.05) is 12.4 Å². The van der Waals surface area contributed by atoms with Gasteiger partial charge >= 0.3 is 0 Å². The van der Waals surface area contributed by atoms with Crippen molar-refractivity contribution in [1.82, 2.24) is 19.6 Å². The second kappa shape index (κ2) is 7.67. The van der Waals surface area contributed by atoms with Crippen LogP contribution < -0.4 is 5.32 Å². The second-order valence-electron chi connectivity index (χ2n) is 7.44. The zero-order valence-electron chi connectivity index (χ0n) is 16.5. The molecule has 0 aliphatic heterocycles. The number of ether oxygens (including phenoxy) is 1. The van der Waals surface area contributed by atoms with E-state index in [1.807, 2.05) is 44.3 Å². The number of carbonyl (C=O) groups is 1. The summed E-state index contributed by atoms with van der Waals surface area (Å²) in [5.41, 5.74) is 4.31. The minimum atomic E-state index is 0.0143. The molecule has 1 aliphatic carbocycles. The molecule has 1 N–H and O–H groups in total. The summed E-state index contributed by atoms with van der Waals surface area (Å²) in [7, 11) is 1.72. The van der Waals surface area contributed by atoms with Gasteiger partial charge in [-0.3, -0.25) is 4.79 Å². The molecule has 7 nitrogen and oxygen atoms in total. The van der Waals surface area contributed by atoms with E-state index in [1.54, 1.807) is 11.6 Å². The lowest BCUT2D eigenvalue weighted by Gasteiger charge is -2.27. The fraction of sp³-hybridized carbons (Fsp3) is 0.429. The summed E-state index contributed by atoms with van der Waals surface area (Å²) in [5.74, 6) is 0.669. The molecule has 146 valence electrons. The highest BCUT2D eigenvalue weighted by atomic mass is 16.5. The summed E-state index contributed by atoms with van der Waals surface area (Å²) < 4.78 is 7.12. The molecule has 4 rings (SSSR count). The van der Waals surface area contributed by atoms with Gasteiger partial charge in [0.25, 0.3) is 5.78 Å². The molecule has 0 spiro atoms. The number of carbonyl (C=O) groups excluding carboxylic acids is 1. The van der Waals surface area contributed by atoms with Gasteiger partial charge in [-0.25, -0.2) is 14.5 Å². The first-order chi connectivity index (χ1) is 13.5. The standard InChI is InChI=1S/C21H25N5O2/c1-13-14(2)25-26-12-19(24-21(26)22-13)15-7-9-17(10-8-15)23-20(27)16-5-4-6-18(11-16)28-3/h7-10,12,16,18H,4-6,11H2,1-3H3,(H,23,27)/t16-,18-/m1/s1. The number of aryl methyl sites for hydroxylation is 2. The average molecular weight is 379 g/mol. The molecule has 0 saturated heterocycles. The van der Waals surface area contributed by atoms with Gasteiger partial charge in [0.1, 0.15) is 0 Å². The highest BCUT2D eigenvalue weighted by Crippen LogP contribution is 2.27. The highest BCUT2D eigenvalue weighted by molar-refractivity contribution is 5.92. The smallest absolute Gasteiger partial charge is 0.251 e. The van der Waals surface area contributed by atoms with Gasteiger partial charge in [0.15, 0.2) is 0 Å². The van der Waals surface area contributed by atoms with Crippen LogP contribution in [0.3, 0.4) is 0 Å². The van der Waals surface area contributed by atoms with Crippen molar-refractivity contribution in [3.63, 3.8) is 0 Å². The van der Waals surface area contributed by atoms with Crippen molar-refractivity contribution in [3.8, 4) is 11.3 Å². The number of rotatable bonds is 4. The van der Waals surface area contributed by atoms with Gasteiger partial charge in [-0.15, -0.1) is 0 Å². The molecule has 3 aromatic rings. The highest BCUT2D eigenvalue weighted by Gasteiger charge is 2.27. The number of nitrogens with one attached hydrogen (secondary N) is 1. The summed E-state index contributed by atoms with van der Waals surface area (Å²) in [6.45, 7) is 3.86. The molecular formula is C21H25N5O2. The van der Waals surface area contributed by atoms with Crippen molar-refractivity contribution in [1.29, 1.82) is 0 Å². The summed E-state index contributed by atoms with van der Waals surface area (Å²) in [6, 6.07) is 7.72. The fourth-order valence-electron chi connectivity index (χ4n) is 3.68. The van der Waals surface area contributed by atoms with Gasteiger partial charge in [0, 0.05) is 24.3 Å². The van der Waals surface area contributed by atoms with Crippen LogP contribution in [-0.2, 0) is 9.53 Å². The van der Waals surface area contributed by atoms with E-state index < -0.39 is 0 Å². The number of fused-ring (bicyclic) bond motifs is 1. The van der Waals surface area contributed by atoms with Crippen LogP contribution in [0.15, 0.2) is 30.5 Å². The number of amides is 1. The number of anilines is 1. The van der Waals surface area contributed by atoms with Gasteiger partial charge < -0.3 is 10.1 Å². The van der Waals surface area contributed by atoms with Crippen LogP contribution in [-0.4, -0.2) is 38.7 Å². The Morgan fingerprint density at radius 1 is 1.14 bits per heavy atom. The lowest BCUT2D eigenvalue weighted by molar-refractivity contribution is -0.122. The molecule has 1 aromatic carbocycles. The van der Waals surface area contributed by atoms with Crippen molar-refractivity contribution < 1.29 is 9.53 Å². The Labute approximate surface area is 164 Å². The topological polar surface area (TPSA) is 81.4 Å². The van der Waals surface area contributed by atoms with Crippen molar-refractivity contribution in [3.05, 3.63) is 41.9 Å². The minimum absolute atomic E-state index is 0.0143. The Bertz CT molecular complexity index is 957. The van der Waals surface area contributed by atoms with Crippen molar-refractivity contribution in [2.24, 2.45) is 5.92 Å². The van der Waals surface area contributed by atoms with Gasteiger partial charge in [-0.05, 0) is 45.2 Å². The quantitative estimate of drug-likeness (QED) is 0.750. The third kappa shape index (κ3) is 3.75. The molecule has 28 heavy (non-hydrogen) atoms. The fourth-order valence-corrected chi connectivity index (χ4v) is 3.68. The first-order valence-corrected chi connectivity index (χ1v) is 9.68. The van der Waals surface area contributed by atoms with Gasteiger partial charge in [-0.2, -0.15) is 5.10 Å². The number of aromatic nitrogens is 4. The van der Waals surface area contributed by atoms with Crippen LogP contribution in [0.25, 0.3) is 17.0 Å². The molecule has 0 bridgehead atoms. The van der Waals surface area contributed by atoms with E-state index in [9.17, 15) is 4.79 Å². The maximum Gasteiger partial charge on any atom is 0.251 e. The Morgan fingerprint density at radius 3 is 2.68 bits per heavy atom. The molecule has 0 radical (unpaired) electrons. The van der Waals surface area contributed by atoms with Gasteiger partial charge in [0.2, 0.25) is 5.91 Å². The van der Waals surface area contributed by atoms with Crippen LogP contribution in [0.2, 0.25) is 0 Å². The summed E-state index contributed by atoms with van der Waals surface area (Å²) in [6.07, 6.45) is 5.84.